The zero-order valence-corrected chi connectivity index (χ0v) is 10.1. The summed E-state index contributed by atoms with van der Waals surface area (Å²) in [5.74, 6) is -0.299. The predicted molar refractivity (Wildman–Crippen MR) is 54.7 cm³/mol. The Morgan fingerprint density at radius 1 is 1.85 bits per heavy atom. The first-order chi connectivity index (χ1) is 6.13. The van der Waals surface area contributed by atoms with E-state index in [0.717, 1.165) is 4.47 Å². The third kappa shape index (κ3) is 3.11. The molecular formula is C7H8Br2N2O2. The molecule has 13 heavy (non-hydrogen) atoms. The van der Waals surface area contributed by atoms with Crippen LogP contribution in [0.4, 0.5) is 0 Å². The molecule has 6 heteroatoms. The van der Waals surface area contributed by atoms with Gasteiger partial charge in [-0.15, -0.1) is 0 Å². The maximum absolute atomic E-state index is 11.0. The van der Waals surface area contributed by atoms with Crippen LogP contribution in [0.15, 0.2) is 16.9 Å². The molecule has 0 saturated heterocycles. The highest BCUT2D eigenvalue weighted by Crippen LogP contribution is 2.09. The van der Waals surface area contributed by atoms with Gasteiger partial charge in [0.05, 0.1) is 24.3 Å². The Bertz CT molecular complexity index is 300. The molecule has 0 aliphatic heterocycles. The molecule has 0 aromatic carbocycles. The fourth-order valence-corrected chi connectivity index (χ4v) is 1.62. The number of hydrogen-bond acceptors (Lipinski definition) is 3. The van der Waals surface area contributed by atoms with Gasteiger partial charge in [0.15, 0.2) is 0 Å². The van der Waals surface area contributed by atoms with Crippen LogP contribution in [-0.4, -0.2) is 27.7 Å². The van der Waals surface area contributed by atoms with Crippen molar-refractivity contribution in [2.45, 2.75) is 11.4 Å². The number of carbonyl (C=O) groups excluding carboxylic acids is 1. The Hall–Kier alpha value is -0.360. The molecule has 1 atom stereocenters. The van der Waals surface area contributed by atoms with E-state index < -0.39 is 0 Å². The summed E-state index contributed by atoms with van der Waals surface area (Å²) in [5.41, 5.74) is 0. The zero-order chi connectivity index (χ0) is 9.84. The minimum Gasteiger partial charge on any atom is -0.468 e. The molecule has 0 fully saturated rings. The number of halogens is 2. The number of alkyl halides is 1. The lowest BCUT2D eigenvalue weighted by Crippen LogP contribution is -2.21. The molecule has 1 aromatic heterocycles. The predicted octanol–water partition coefficient (Wildman–Crippen LogP) is 1.58. The summed E-state index contributed by atoms with van der Waals surface area (Å²) in [6, 6.07) is 0. The molecule has 0 amide bonds. The number of aromatic nitrogens is 2. The molecule has 1 unspecified atom stereocenters. The molecule has 0 aliphatic rings. The van der Waals surface area contributed by atoms with Crippen molar-refractivity contribution in [2.24, 2.45) is 0 Å². The molecule has 1 heterocycles. The molecule has 0 N–H and O–H groups in total. The third-order valence-electron chi connectivity index (χ3n) is 1.41. The summed E-state index contributed by atoms with van der Waals surface area (Å²) in [6.45, 7) is 0.457. The van der Waals surface area contributed by atoms with E-state index >= 15 is 0 Å². The largest absolute Gasteiger partial charge is 0.468 e. The molecule has 0 radical (unpaired) electrons. The Kier molecular flexibility index (Phi) is 3.92. The van der Waals surface area contributed by atoms with Crippen molar-refractivity contribution in [3.8, 4) is 0 Å². The number of nitrogens with zero attached hydrogens (tertiary/aromatic N) is 2. The summed E-state index contributed by atoms with van der Waals surface area (Å²) < 4.78 is 7.09. The minimum absolute atomic E-state index is 0.299. The summed E-state index contributed by atoms with van der Waals surface area (Å²) in [4.78, 5) is 10.6. The number of methoxy groups -OCH3 is 1. The second kappa shape index (κ2) is 4.76. The van der Waals surface area contributed by atoms with Crippen LogP contribution in [0.3, 0.4) is 0 Å². The van der Waals surface area contributed by atoms with Gasteiger partial charge < -0.3 is 4.74 Å². The van der Waals surface area contributed by atoms with E-state index in [4.69, 9.17) is 0 Å². The van der Waals surface area contributed by atoms with Gasteiger partial charge in [-0.25, -0.2) is 0 Å². The van der Waals surface area contributed by atoms with Gasteiger partial charge in [0.2, 0.25) is 0 Å². The lowest BCUT2D eigenvalue weighted by atomic mass is 10.4. The van der Waals surface area contributed by atoms with Crippen molar-refractivity contribution in [1.82, 2.24) is 9.78 Å². The van der Waals surface area contributed by atoms with Crippen LogP contribution in [-0.2, 0) is 16.1 Å². The molecule has 0 bridgehead atoms. The number of esters is 1. The average molecular weight is 312 g/mol. The molecular weight excluding hydrogens is 304 g/mol. The van der Waals surface area contributed by atoms with E-state index in [9.17, 15) is 4.79 Å². The van der Waals surface area contributed by atoms with Gasteiger partial charge >= 0.3 is 5.97 Å². The Balaban J connectivity index is 2.54. The van der Waals surface area contributed by atoms with Crippen molar-refractivity contribution >= 4 is 37.8 Å². The van der Waals surface area contributed by atoms with E-state index in [1.165, 1.54) is 7.11 Å². The quantitative estimate of drug-likeness (QED) is 0.629. The minimum atomic E-state index is -0.357. The summed E-state index contributed by atoms with van der Waals surface area (Å²) in [6.07, 6.45) is 3.45. The van der Waals surface area contributed by atoms with Crippen molar-refractivity contribution in [1.29, 1.82) is 0 Å². The van der Waals surface area contributed by atoms with Gasteiger partial charge in [0.25, 0.3) is 0 Å². The van der Waals surface area contributed by atoms with Crippen LogP contribution in [0.1, 0.15) is 0 Å². The van der Waals surface area contributed by atoms with Crippen molar-refractivity contribution < 1.29 is 9.53 Å². The maximum atomic E-state index is 11.0. The molecule has 4 nitrogen and oxygen atoms in total. The third-order valence-corrected chi connectivity index (χ3v) is 2.48. The second-order valence-corrected chi connectivity index (χ2v) is 4.39. The number of hydrogen-bond donors (Lipinski definition) is 0. The summed E-state index contributed by atoms with van der Waals surface area (Å²) >= 11 is 6.46. The van der Waals surface area contributed by atoms with Gasteiger partial charge in [-0.3, -0.25) is 9.48 Å². The fourth-order valence-electron chi connectivity index (χ4n) is 0.805. The Morgan fingerprint density at radius 2 is 2.54 bits per heavy atom. The topological polar surface area (TPSA) is 44.1 Å². The highest BCUT2D eigenvalue weighted by atomic mass is 79.9. The van der Waals surface area contributed by atoms with E-state index in [2.05, 4.69) is 41.7 Å². The van der Waals surface area contributed by atoms with Crippen molar-refractivity contribution in [3.63, 3.8) is 0 Å². The van der Waals surface area contributed by atoms with Crippen molar-refractivity contribution in [2.75, 3.05) is 7.11 Å². The lowest BCUT2D eigenvalue weighted by Gasteiger charge is -2.06. The number of carbonyl (C=O) groups is 1. The monoisotopic (exact) mass is 310 g/mol. The van der Waals surface area contributed by atoms with Crippen LogP contribution in [0, 0.1) is 0 Å². The van der Waals surface area contributed by atoms with Crippen LogP contribution in [0.2, 0.25) is 0 Å². The van der Waals surface area contributed by atoms with Gasteiger partial charge in [-0.05, 0) is 15.9 Å². The Labute approximate surface area is 92.5 Å². The summed E-state index contributed by atoms with van der Waals surface area (Å²) in [5, 5.41) is 4.00. The normalized spacial score (nSPS) is 12.5. The molecule has 0 aliphatic carbocycles. The van der Waals surface area contributed by atoms with Crippen LogP contribution in [0.25, 0.3) is 0 Å². The van der Waals surface area contributed by atoms with Crippen LogP contribution >= 0.6 is 31.9 Å². The standard InChI is InChI=1S/C7H8Br2N2O2/c1-13-7(12)6(9)4-11-3-5(8)2-10-11/h2-3,6H,4H2,1H3. The number of rotatable bonds is 3. The molecule has 1 rings (SSSR count). The van der Waals surface area contributed by atoms with Crippen LogP contribution < -0.4 is 0 Å². The van der Waals surface area contributed by atoms with Crippen LogP contribution in [0.5, 0.6) is 0 Å². The molecule has 72 valence electrons. The van der Waals surface area contributed by atoms with Gasteiger partial charge in [-0.1, -0.05) is 15.9 Å². The Morgan fingerprint density at radius 3 is 3.00 bits per heavy atom. The maximum Gasteiger partial charge on any atom is 0.321 e. The fraction of sp³-hybridized carbons (Fsp3) is 0.429. The highest BCUT2D eigenvalue weighted by molar-refractivity contribution is 9.10. The lowest BCUT2D eigenvalue weighted by molar-refractivity contribution is -0.140. The van der Waals surface area contributed by atoms with E-state index in [0.29, 0.717) is 6.54 Å². The van der Waals surface area contributed by atoms with Crippen molar-refractivity contribution in [3.05, 3.63) is 16.9 Å². The zero-order valence-electron chi connectivity index (χ0n) is 6.91. The first kappa shape index (κ1) is 10.7. The first-order valence-corrected chi connectivity index (χ1v) is 5.24. The van der Waals surface area contributed by atoms with Gasteiger partial charge in [0.1, 0.15) is 4.83 Å². The average Bonchev–Trinajstić information content (AvgIpc) is 2.49. The molecule has 1 aromatic rings. The first-order valence-electron chi connectivity index (χ1n) is 3.53. The highest BCUT2D eigenvalue weighted by Gasteiger charge is 2.15. The molecule has 0 saturated carbocycles. The summed E-state index contributed by atoms with van der Waals surface area (Å²) in [7, 11) is 1.36. The van der Waals surface area contributed by atoms with Gasteiger partial charge in [-0.2, -0.15) is 5.10 Å². The van der Waals surface area contributed by atoms with E-state index in [1.54, 1.807) is 17.1 Å². The second-order valence-electron chi connectivity index (χ2n) is 2.37. The van der Waals surface area contributed by atoms with E-state index in [1.807, 2.05) is 0 Å². The van der Waals surface area contributed by atoms with E-state index in [-0.39, 0.29) is 10.8 Å². The van der Waals surface area contributed by atoms with Gasteiger partial charge in [0, 0.05) is 6.20 Å². The molecule has 0 spiro atoms. The SMILES string of the molecule is COC(=O)C(Br)Cn1cc(Br)cn1. The number of ether oxygens (including phenoxy) is 1. The smallest absolute Gasteiger partial charge is 0.321 e.